The number of likely N-dealkylation sites (tertiary alicyclic amines) is 1. The fraction of sp³-hybridized carbons (Fsp3) is 0.381. The molecule has 1 saturated heterocycles. The highest BCUT2D eigenvalue weighted by Crippen LogP contribution is 2.19. The van der Waals surface area contributed by atoms with Crippen molar-refractivity contribution in [1.82, 2.24) is 4.90 Å². The Balaban J connectivity index is 1.51. The number of rotatable bonds is 8. The average molecular weight is 418 g/mol. The summed E-state index contributed by atoms with van der Waals surface area (Å²) >= 11 is 0. The lowest BCUT2D eigenvalue weighted by atomic mass is 10.2. The van der Waals surface area contributed by atoms with Crippen LogP contribution in [0.25, 0.3) is 0 Å². The second-order valence-corrected chi connectivity index (χ2v) is 9.11. The molecule has 7 nitrogen and oxygen atoms in total. The van der Waals surface area contributed by atoms with Gasteiger partial charge in [0.15, 0.2) is 0 Å². The minimum absolute atomic E-state index is 0.0378. The Morgan fingerprint density at radius 1 is 1.10 bits per heavy atom. The molecule has 3 rings (SSSR count). The number of hydrogen-bond donors (Lipinski definition) is 2. The van der Waals surface area contributed by atoms with Crippen LogP contribution in [0.2, 0.25) is 0 Å². The summed E-state index contributed by atoms with van der Waals surface area (Å²) in [4.78, 5) is 14.1. The van der Waals surface area contributed by atoms with Gasteiger partial charge in [0, 0.05) is 30.5 Å². The number of anilines is 2. The third-order valence-corrected chi connectivity index (χ3v) is 5.67. The molecule has 0 spiro atoms. The van der Waals surface area contributed by atoms with E-state index in [9.17, 15) is 13.2 Å². The van der Waals surface area contributed by atoms with E-state index in [0.717, 1.165) is 12.1 Å². The summed E-state index contributed by atoms with van der Waals surface area (Å²) in [6.45, 7) is 4.87. The van der Waals surface area contributed by atoms with Crippen molar-refractivity contribution in [3.05, 3.63) is 54.6 Å². The van der Waals surface area contributed by atoms with Crippen LogP contribution in [-0.2, 0) is 14.8 Å². The molecule has 29 heavy (non-hydrogen) atoms. The summed E-state index contributed by atoms with van der Waals surface area (Å²) < 4.78 is 32.8. The predicted molar refractivity (Wildman–Crippen MR) is 115 cm³/mol. The minimum atomic E-state index is -3.79. The number of hydrogen-bond acceptors (Lipinski definition) is 5. The highest BCUT2D eigenvalue weighted by Gasteiger charge is 2.29. The lowest BCUT2D eigenvalue weighted by Gasteiger charge is -2.18. The van der Waals surface area contributed by atoms with Gasteiger partial charge >= 0.3 is 0 Å². The molecule has 1 aliphatic heterocycles. The topological polar surface area (TPSA) is 87.7 Å². The molecular formula is C21H27N3O4S. The zero-order valence-corrected chi connectivity index (χ0v) is 17.5. The summed E-state index contributed by atoms with van der Waals surface area (Å²) in [5, 5.41) is 3.38. The van der Waals surface area contributed by atoms with Gasteiger partial charge in [-0.2, -0.15) is 0 Å². The molecule has 8 heteroatoms. The van der Waals surface area contributed by atoms with Crippen LogP contribution >= 0.6 is 0 Å². The first-order valence-electron chi connectivity index (χ1n) is 9.67. The summed E-state index contributed by atoms with van der Waals surface area (Å²) in [6.07, 6.45) is 0.821. The molecule has 0 bridgehead atoms. The van der Waals surface area contributed by atoms with Gasteiger partial charge in [-0.25, -0.2) is 8.42 Å². The van der Waals surface area contributed by atoms with E-state index in [-0.39, 0.29) is 12.1 Å². The summed E-state index contributed by atoms with van der Waals surface area (Å²) in [5.41, 5.74) is 1.39. The maximum absolute atomic E-state index is 12.5. The van der Waals surface area contributed by atoms with Crippen molar-refractivity contribution in [2.24, 2.45) is 0 Å². The largest absolute Gasteiger partial charge is 0.491 e. The van der Waals surface area contributed by atoms with Crippen molar-refractivity contribution >= 4 is 27.3 Å². The van der Waals surface area contributed by atoms with Crippen LogP contribution in [0, 0.1) is 0 Å². The van der Waals surface area contributed by atoms with E-state index in [2.05, 4.69) is 10.0 Å². The van der Waals surface area contributed by atoms with E-state index in [1.807, 2.05) is 44.2 Å². The van der Waals surface area contributed by atoms with Crippen LogP contribution in [0.3, 0.4) is 0 Å². The van der Waals surface area contributed by atoms with Crippen molar-refractivity contribution in [3.63, 3.8) is 0 Å². The van der Waals surface area contributed by atoms with Crippen LogP contribution in [0.1, 0.15) is 20.3 Å². The smallest absolute Gasteiger partial charge is 0.241 e. The number of carbonyl (C=O) groups is 1. The monoisotopic (exact) mass is 417 g/mol. The van der Waals surface area contributed by atoms with Gasteiger partial charge < -0.3 is 15.0 Å². The first-order valence-corrected chi connectivity index (χ1v) is 11.3. The molecule has 1 amide bonds. The van der Waals surface area contributed by atoms with E-state index < -0.39 is 21.7 Å². The fourth-order valence-corrected chi connectivity index (χ4v) is 4.29. The van der Waals surface area contributed by atoms with Crippen molar-refractivity contribution < 1.29 is 17.9 Å². The van der Waals surface area contributed by atoms with Crippen molar-refractivity contribution in [3.8, 4) is 5.75 Å². The third kappa shape index (κ3) is 6.39. The Morgan fingerprint density at radius 3 is 2.45 bits per heavy atom. The average Bonchev–Trinajstić information content (AvgIpc) is 3.12. The number of sulfonamides is 1. The molecule has 1 unspecified atom stereocenters. The van der Waals surface area contributed by atoms with Crippen molar-refractivity contribution in [1.29, 1.82) is 0 Å². The molecule has 0 radical (unpaired) electrons. The van der Waals surface area contributed by atoms with Crippen LogP contribution in [0.5, 0.6) is 5.75 Å². The van der Waals surface area contributed by atoms with E-state index in [0.29, 0.717) is 24.5 Å². The maximum atomic E-state index is 12.5. The van der Waals surface area contributed by atoms with Crippen LogP contribution < -0.4 is 14.8 Å². The maximum Gasteiger partial charge on any atom is 0.241 e. The van der Waals surface area contributed by atoms with E-state index in [1.165, 1.54) is 0 Å². The minimum Gasteiger partial charge on any atom is -0.491 e. The Labute approximate surface area is 172 Å². The van der Waals surface area contributed by atoms with Gasteiger partial charge in [-0.05, 0) is 56.7 Å². The zero-order chi connectivity index (χ0) is 20.9. The van der Waals surface area contributed by atoms with Gasteiger partial charge in [0.1, 0.15) is 11.5 Å². The number of amides is 1. The molecule has 1 fully saturated rings. The first kappa shape index (κ1) is 21.0. The Morgan fingerprint density at radius 2 is 1.79 bits per heavy atom. The first-order chi connectivity index (χ1) is 13.8. The van der Waals surface area contributed by atoms with E-state index in [1.54, 1.807) is 29.2 Å². The fourth-order valence-electron chi connectivity index (χ4n) is 3.22. The van der Waals surface area contributed by atoms with Gasteiger partial charge in [-0.3, -0.25) is 9.52 Å². The number of carbonyl (C=O) groups excluding carboxylic acids is 1. The summed E-state index contributed by atoms with van der Waals surface area (Å²) in [6, 6.07) is 16.5. The lowest BCUT2D eigenvalue weighted by molar-refractivity contribution is -0.127. The molecule has 1 aliphatic rings. The number of benzene rings is 2. The van der Waals surface area contributed by atoms with Crippen LogP contribution in [0.4, 0.5) is 11.4 Å². The highest BCUT2D eigenvalue weighted by molar-refractivity contribution is 7.93. The SMILES string of the molecule is CC(C)Oc1ccc(NS(=O)(=O)CC(=O)N2CCC(Nc3ccccc3)C2)cc1. The van der Waals surface area contributed by atoms with Gasteiger partial charge in [-0.15, -0.1) is 0 Å². The number of nitrogens with zero attached hydrogens (tertiary/aromatic N) is 1. The molecule has 1 heterocycles. The number of ether oxygens (including phenoxy) is 1. The second-order valence-electron chi connectivity index (χ2n) is 7.39. The highest BCUT2D eigenvalue weighted by atomic mass is 32.2. The van der Waals surface area contributed by atoms with E-state index in [4.69, 9.17) is 4.74 Å². The lowest BCUT2D eigenvalue weighted by Crippen LogP contribution is -2.37. The number of nitrogens with one attached hydrogen (secondary N) is 2. The van der Waals surface area contributed by atoms with Gasteiger partial charge in [-0.1, -0.05) is 18.2 Å². The van der Waals surface area contributed by atoms with Crippen molar-refractivity contribution in [2.45, 2.75) is 32.4 Å². The van der Waals surface area contributed by atoms with Gasteiger partial charge in [0.05, 0.1) is 6.10 Å². The molecule has 1 atom stereocenters. The molecule has 0 saturated carbocycles. The molecule has 2 aromatic carbocycles. The number of para-hydroxylation sites is 1. The normalized spacial score (nSPS) is 16.7. The van der Waals surface area contributed by atoms with Crippen molar-refractivity contribution in [2.75, 3.05) is 28.9 Å². The third-order valence-electron chi connectivity index (χ3n) is 4.50. The Kier molecular flexibility index (Phi) is 6.64. The Bertz CT molecular complexity index is 915. The molecule has 0 aliphatic carbocycles. The van der Waals surface area contributed by atoms with Gasteiger partial charge in [0.2, 0.25) is 15.9 Å². The quantitative estimate of drug-likeness (QED) is 0.690. The molecule has 2 aromatic rings. The Hall–Kier alpha value is -2.74. The summed E-state index contributed by atoms with van der Waals surface area (Å²) in [7, 11) is -3.79. The standard InChI is InChI=1S/C21H27N3O4S/c1-16(2)28-20-10-8-18(9-11-20)23-29(26,27)15-21(25)24-13-12-19(14-24)22-17-6-4-3-5-7-17/h3-11,16,19,22-23H,12-15H2,1-2H3. The second kappa shape index (κ2) is 9.17. The predicted octanol–water partition coefficient (Wildman–Crippen LogP) is 2.93. The summed E-state index contributed by atoms with van der Waals surface area (Å²) in [5.74, 6) is -0.308. The van der Waals surface area contributed by atoms with Gasteiger partial charge in [0.25, 0.3) is 0 Å². The molecule has 0 aromatic heterocycles. The van der Waals surface area contributed by atoms with Crippen LogP contribution in [-0.4, -0.2) is 50.2 Å². The molecule has 2 N–H and O–H groups in total. The molecule has 156 valence electrons. The van der Waals surface area contributed by atoms with Crippen LogP contribution in [0.15, 0.2) is 54.6 Å². The zero-order valence-electron chi connectivity index (χ0n) is 16.7. The van der Waals surface area contributed by atoms with E-state index >= 15 is 0 Å². The molecular weight excluding hydrogens is 390 g/mol.